The second-order valence-electron chi connectivity index (χ2n) is 3.85. The molecule has 2 aromatic rings. The maximum absolute atomic E-state index is 5.85. The zero-order chi connectivity index (χ0) is 12.1. The third-order valence-corrected chi connectivity index (χ3v) is 2.83. The Morgan fingerprint density at radius 2 is 2.00 bits per heavy atom. The van der Waals surface area contributed by atoms with Crippen molar-refractivity contribution in [2.24, 2.45) is 0 Å². The third-order valence-electron chi connectivity index (χ3n) is 2.58. The molecule has 1 heterocycles. The quantitative estimate of drug-likeness (QED) is 0.903. The normalized spacial score (nSPS) is 12.4. The molecule has 0 bridgehead atoms. The van der Waals surface area contributed by atoms with Crippen molar-refractivity contribution in [3.8, 4) is 0 Å². The number of nitrogens with zero attached hydrogens (tertiary/aromatic N) is 2. The maximum atomic E-state index is 5.85. The molecule has 17 heavy (non-hydrogen) atoms. The molecule has 4 heteroatoms. The van der Waals surface area contributed by atoms with E-state index in [1.165, 1.54) is 5.56 Å². The number of aromatic nitrogens is 2. The molecule has 0 saturated carbocycles. The molecular formula is C13H14ClN3. The second kappa shape index (κ2) is 5.75. The molecule has 88 valence electrons. The van der Waals surface area contributed by atoms with Crippen LogP contribution >= 0.6 is 11.6 Å². The lowest BCUT2D eigenvalue weighted by atomic mass is 10.1. The molecule has 0 aliphatic heterocycles. The van der Waals surface area contributed by atoms with E-state index in [9.17, 15) is 0 Å². The monoisotopic (exact) mass is 247 g/mol. The highest BCUT2D eigenvalue weighted by Crippen LogP contribution is 2.16. The van der Waals surface area contributed by atoms with Crippen LogP contribution in [0.5, 0.6) is 0 Å². The fourth-order valence-electron chi connectivity index (χ4n) is 1.55. The fourth-order valence-corrected chi connectivity index (χ4v) is 1.67. The lowest BCUT2D eigenvalue weighted by Gasteiger charge is -2.13. The van der Waals surface area contributed by atoms with Crippen LogP contribution in [0.25, 0.3) is 0 Å². The van der Waals surface area contributed by atoms with Gasteiger partial charge in [0.1, 0.15) is 0 Å². The summed E-state index contributed by atoms with van der Waals surface area (Å²) in [4.78, 5) is 8.24. The van der Waals surface area contributed by atoms with Crippen molar-refractivity contribution in [2.75, 3.05) is 0 Å². The minimum Gasteiger partial charge on any atom is -0.305 e. The molecule has 0 saturated heterocycles. The summed E-state index contributed by atoms with van der Waals surface area (Å²) in [7, 11) is 0. The fraction of sp³-hybridized carbons (Fsp3) is 0.231. The van der Waals surface area contributed by atoms with Gasteiger partial charge in [-0.05, 0) is 24.6 Å². The Morgan fingerprint density at radius 1 is 1.24 bits per heavy atom. The van der Waals surface area contributed by atoms with Gasteiger partial charge in [-0.1, -0.05) is 23.7 Å². The number of halogens is 1. The Labute approximate surface area is 106 Å². The Hall–Kier alpha value is -1.45. The summed E-state index contributed by atoms with van der Waals surface area (Å²) in [6.45, 7) is 2.82. The maximum Gasteiger partial charge on any atom is 0.0724 e. The minimum atomic E-state index is 0.259. The molecule has 2 rings (SSSR count). The molecule has 0 aliphatic rings. The lowest BCUT2D eigenvalue weighted by molar-refractivity contribution is 0.566. The van der Waals surface area contributed by atoms with Crippen LogP contribution in [0.15, 0.2) is 42.9 Å². The molecule has 1 aromatic carbocycles. The standard InChI is InChI=1S/C13H14ClN3/c1-10(11-2-4-12(14)5-3-11)17-9-13-8-15-6-7-16-13/h2-8,10,17H,9H2,1H3. The third kappa shape index (κ3) is 3.51. The second-order valence-corrected chi connectivity index (χ2v) is 4.29. The van der Waals surface area contributed by atoms with E-state index >= 15 is 0 Å². The average Bonchev–Trinajstić information content (AvgIpc) is 2.38. The van der Waals surface area contributed by atoms with E-state index in [0.717, 1.165) is 10.7 Å². The molecule has 1 N–H and O–H groups in total. The van der Waals surface area contributed by atoms with E-state index in [1.54, 1.807) is 18.6 Å². The van der Waals surface area contributed by atoms with E-state index in [-0.39, 0.29) is 6.04 Å². The first-order chi connectivity index (χ1) is 8.25. The van der Waals surface area contributed by atoms with E-state index in [0.29, 0.717) is 6.54 Å². The van der Waals surface area contributed by atoms with Crippen molar-refractivity contribution in [3.63, 3.8) is 0 Å². The molecule has 3 nitrogen and oxygen atoms in total. The SMILES string of the molecule is CC(NCc1cnccn1)c1ccc(Cl)cc1. The first-order valence-corrected chi connectivity index (χ1v) is 5.87. The summed E-state index contributed by atoms with van der Waals surface area (Å²) in [6.07, 6.45) is 5.14. The summed E-state index contributed by atoms with van der Waals surface area (Å²) in [5, 5.41) is 4.15. The van der Waals surface area contributed by atoms with Crippen LogP contribution in [0.4, 0.5) is 0 Å². The van der Waals surface area contributed by atoms with Crippen LogP contribution in [0.2, 0.25) is 5.02 Å². The summed E-state index contributed by atoms with van der Waals surface area (Å²) >= 11 is 5.85. The van der Waals surface area contributed by atoms with Gasteiger partial charge in [-0.25, -0.2) is 0 Å². The molecule has 0 fully saturated rings. The van der Waals surface area contributed by atoms with Gasteiger partial charge in [-0.2, -0.15) is 0 Å². The highest BCUT2D eigenvalue weighted by atomic mass is 35.5. The summed E-state index contributed by atoms with van der Waals surface area (Å²) < 4.78 is 0. The van der Waals surface area contributed by atoms with Gasteiger partial charge in [0.25, 0.3) is 0 Å². The largest absolute Gasteiger partial charge is 0.305 e. The van der Waals surface area contributed by atoms with Crippen molar-refractivity contribution >= 4 is 11.6 Å². The number of rotatable bonds is 4. The number of benzene rings is 1. The number of hydrogen-bond acceptors (Lipinski definition) is 3. The van der Waals surface area contributed by atoms with Crippen LogP contribution < -0.4 is 5.32 Å². The predicted molar refractivity (Wildman–Crippen MR) is 68.7 cm³/mol. The van der Waals surface area contributed by atoms with Crippen LogP contribution in [0, 0.1) is 0 Å². The van der Waals surface area contributed by atoms with E-state index in [4.69, 9.17) is 11.6 Å². The predicted octanol–water partition coefficient (Wildman–Crippen LogP) is 2.98. The smallest absolute Gasteiger partial charge is 0.0724 e. The highest BCUT2D eigenvalue weighted by molar-refractivity contribution is 6.30. The van der Waals surface area contributed by atoms with Crippen molar-refractivity contribution in [2.45, 2.75) is 19.5 Å². The van der Waals surface area contributed by atoms with Crippen molar-refractivity contribution in [3.05, 3.63) is 59.1 Å². The first kappa shape index (κ1) is 12.0. The lowest BCUT2D eigenvalue weighted by Crippen LogP contribution is -2.18. The van der Waals surface area contributed by atoms with Gasteiger partial charge in [0.05, 0.1) is 5.69 Å². The summed E-state index contributed by atoms with van der Waals surface area (Å²) in [5.41, 5.74) is 2.15. The van der Waals surface area contributed by atoms with Crippen molar-refractivity contribution < 1.29 is 0 Å². The van der Waals surface area contributed by atoms with E-state index in [1.807, 2.05) is 24.3 Å². The van der Waals surface area contributed by atoms with E-state index in [2.05, 4.69) is 22.2 Å². The van der Waals surface area contributed by atoms with Crippen molar-refractivity contribution in [1.29, 1.82) is 0 Å². The van der Waals surface area contributed by atoms with Crippen LogP contribution in [-0.2, 0) is 6.54 Å². The Kier molecular flexibility index (Phi) is 4.07. The zero-order valence-electron chi connectivity index (χ0n) is 9.60. The highest BCUT2D eigenvalue weighted by Gasteiger charge is 2.04. The zero-order valence-corrected chi connectivity index (χ0v) is 10.4. The molecule has 0 amide bonds. The topological polar surface area (TPSA) is 37.8 Å². The van der Waals surface area contributed by atoms with Gasteiger partial charge in [-0.3, -0.25) is 9.97 Å². The molecule has 1 aromatic heterocycles. The Morgan fingerprint density at radius 3 is 2.65 bits per heavy atom. The van der Waals surface area contributed by atoms with Crippen LogP contribution in [0.3, 0.4) is 0 Å². The van der Waals surface area contributed by atoms with Gasteiger partial charge in [0.15, 0.2) is 0 Å². The summed E-state index contributed by atoms with van der Waals surface area (Å²) in [5.74, 6) is 0. The van der Waals surface area contributed by atoms with Crippen molar-refractivity contribution in [1.82, 2.24) is 15.3 Å². The summed E-state index contributed by atoms with van der Waals surface area (Å²) in [6, 6.07) is 8.11. The van der Waals surface area contributed by atoms with Gasteiger partial charge < -0.3 is 5.32 Å². The molecule has 0 spiro atoms. The van der Waals surface area contributed by atoms with Gasteiger partial charge >= 0.3 is 0 Å². The van der Waals surface area contributed by atoms with Gasteiger partial charge in [-0.15, -0.1) is 0 Å². The van der Waals surface area contributed by atoms with Crippen LogP contribution in [0.1, 0.15) is 24.2 Å². The van der Waals surface area contributed by atoms with Gasteiger partial charge in [0, 0.05) is 36.2 Å². The average molecular weight is 248 g/mol. The number of hydrogen-bond donors (Lipinski definition) is 1. The molecule has 1 atom stereocenters. The molecule has 1 unspecified atom stereocenters. The minimum absolute atomic E-state index is 0.259. The Balaban J connectivity index is 1.93. The van der Waals surface area contributed by atoms with Gasteiger partial charge in [0.2, 0.25) is 0 Å². The number of nitrogens with one attached hydrogen (secondary N) is 1. The molecule has 0 aliphatic carbocycles. The molecular weight excluding hydrogens is 234 g/mol. The molecule has 0 radical (unpaired) electrons. The van der Waals surface area contributed by atoms with E-state index < -0.39 is 0 Å². The first-order valence-electron chi connectivity index (χ1n) is 5.49. The van der Waals surface area contributed by atoms with Crippen LogP contribution in [-0.4, -0.2) is 9.97 Å². The Bertz CT molecular complexity index is 456.